The first-order valence-corrected chi connectivity index (χ1v) is 6.78. The van der Waals surface area contributed by atoms with E-state index in [1.54, 1.807) is 6.07 Å². The second-order valence-corrected chi connectivity index (χ2v) is 5.21. The van der Waals surface area contributed by atoms with E-state index in [1.165, 1.54) is 32.1 Å². The van der Waals surface area contributed by atoms with Gasteiger partial charge in [-0.3, -0.25) is 0 Å². The van der Waals surface area contributed by atoms with E-state index in [0.29, 0.717) is 11.8 Å². The highest BCUT2D eigenvalue weighted by molar-refractivity contribution is 5.28. The van der Waals surface area contributed by atoms with Gasteiger partial charge in [0.25, 0.3) is 0 Å². The van der Waals surface area contributed by atoms with Gasteiger partial charge in [-0.15, -0.1) is 0 Å². The van der Waals surface area contributed by atoms with Crippen molar-refractivity contribution in [2.75, 3.05) is 6.54 Å². The molecular weight excluding hydrogens is 210 g/mol. The van der Waals surface area contributed by atoms with E-state index in [-0.39, 0.29) is 0 Å². The van der Waals surface area contributed by atoms with Gasteiger partial charge in [-0.2, -0.15) is 0 Å². The maximum Gasteiger partial charge on any atom is 0.115 e. The molecule has 1 atom stereocenters. The van der Waals surface area contributed by atoms with Crippen molar-refractivity contribution in [3.63, 3.8) is 0 Å². The lowest BCUT2D eigenvalue weighted by Gasteiger charge is -2.16. The zero-order valence-electron chi connectivity index (χ0n) is 10.7. The fraction of sp³-hybridized carbons (Fsp3) is 0.600. The van der Waals surface area contributed by atoms with Crippen LogP contribution in [0.4, 0.5) is 0 Å². The molecule has 1 aromatic carbocycles. The summed E-state index contributed by atoms with van der Waals surface area (Å²) < 4.78 is 0. The van der Waals surface area contributed by atoms with Crippen LogP contribution >= 0.6 is 0 Å². The van der Waals surface area contributed by atoms with Crippen molar-refractivity contribution in [1.82, 2.24) is 5.32 Å². The minimum atomic E-state index is 0.323. The molecule has 1 aliphatic rings. The van der Waals surface area contributed by atoms with E-state index in [1.807, 2.05) is 12.1 Å². The standard InChI is InChI=1S/C15H23NO/c1-12(14-7-4-8-15(17)11-14)16-10-9-13-5-2-3-6-13/h4,7-8,11-13,16-17H,2-3,5-6,9-10H2,1H3. The Morgan fingerprint density at radius 1 is 1.35 bits per heavy atom. The second kappa shape index (κ2) is 6.06. The van der Waals surface area contributed by atoms with Crippen LogP contribution in [0.2, 0.25) is 0 Å². The summed E-state index contributed by atoms with van der Waals surface area (Å²) in [6, 6.07) is 7.85. The summed E-state index contributed by atoms with van der Waals surface area (Å²) in [7, 11) is 0. The number of phenols is 1. The number of benzene rings is 1. The molecule has 0 bridgehead atoms. The molecule has 0 aliphatic heterocycles. The molecule has 0 saturated heterocycles. The third kappa shape index (κ3) is 3.74. The van der Waals surface area contributed by atoms with E-state index in [2.05, 4.69) is 18.3 Å². The van der Waals surface area contributed by atoms with Gasteiger partial charge in [0.05, 0.1) is 0 Å². The molecule has 0 spiro atoms. The van der Waals surface area contributed by atoms with Crippen LogP contribution in [0.5, 0.6) is 5.75 Å². The average Bonchev–Trinajstić information content (AvgIpc) is 2.82. The predicted molar refractivity (Wildman–Crippen MR) is 71.1 cm³/mol. The van der Waals surface area contributed by atoms with Crippen molar-refractivity contribution < 1.29 is 5.11 Å². The van der Waals surface area contributed by atoms with E-state index >= 15 is 0 Å². The molecule has 0 aromatic heterocycles. The highest BCUT2D eigenvalue weighted by atomic mass is 16.3. The Kier molecular flexibility index (Phi) is 4.43. The average molecular weight is 233 g/mol. The van der Waals surface area contributed by atoms with E-state index in [0.717, 1.165) is 18.0 Å². The van der Waals surface area contributed by atoms with Gasteiger partial charge in [-0.1, -0.05) is 37.8 Å². The minimum Gasteiger partial charge on any atom is -0.508 e. The smallest absolute Gasteiger partial charge is 0.115 e. The van der Waals surface area contributed by atoms with Crippen molar-refractivity contribution in [3.8, 4) is 5.75 Å². The molecule has 1 unspecified atom stereocenters. The minimum absolute atomic E-state index is 0.323. The Hall–Kier alpha value is -1.02. The van der Waals surface area contributed by atoms with Crippen LogP contribution < -0.4 is 5.32 Å². The van der Waals surface area contributed by atoms with Gasteiger partial charge in [0.1, 0.15) is 5.75 Å². The molecule has 2 rings (SSSR count). The fourth-order valence-corrected chi connectivity index (χ4v) is 2.71. The zero-order valence-corrected chi connectivity index (χ0v) is 10.7. The third-order valence-corrected chi connectivity index (χ3v) is 3.85. The Morgan fingerprint density at radius 3 is 2.82 bits per heavy atom. The summed E-state index contributed by atoms with van der Waals surface area (Å²) in [6.45, 7) is 3.24. The Balaban J connectivity index is 1.74. The van der Waals surface area contributed by atoms with Crippen LogP contribution in [0.3, 0.4) is 0 Å². The summed E-state index contributed by atoms with van der Waals surface area (Å²) in [5.74, 6) is 1.30. The first kappa shape index (κ1) is 12.4. The number of rotatable bonds is 5. The molecule has 2 heteroatoms. The molecule has 94 valence electrons. The quantitative estimate of drug-likeness (QED) is 0.814. The van der Waals surface area contributed by atoms with Gasteiger partial charge in [-0.25, -0.2) is 0 Å². The molecule has 2 N–H and O–H groups in total. The van der Waals surface area contributed by atoms with Crippen LogP contribution in [-0.2, 0) is 0 Å². The largest absolute Gasteiger partial charge is 0.508 e. The van der Waals surface area contributed by atoms with Crippen LogP contribution in [0.15, 0.2) is 24.3 Å². The predicted octanol–water partition coefficient (Wildman–Crippen LogP) is 3.62. The summed E-state index contributed by atoms with van der Waals surface area (Å²) >= 11 is 0. The Bertz CT molecular complexity index is 345. The summed E-state index contributed by atoms with van der Waals surface area (Å²) in [6.07, 6.45) is 6.98. The number of hydrogen-bond acceptors (Lipinski definition) is 2. The van der Waals surface area contributed by atoms with Gasteiger partial charge >= 0.3 is 0 Å². The SMILES string of the molecule is CC(NCCC1CCCC1)c1cccc(O)c1. The molecular formula is C15H23NO. The number of phenolic OH excluding ortho intramolecular Hbond substituents is 1. The van der Waals surface area contributed by atoms with Gasteiger partial charge in [-0.05, 0) is 43.5 Å². The molecule has 1 aliphatic carbocycles. The second-order valence-electron chi connectivity index (χ2n) is 5.21. The molecule has 1 aromatic rings. The van der Waals surface area contributed by atoms with Crippen LogP contribution in [0.25, 0.3) is 0 Å². The molecule has 1 fully saturated rings. The monoisotopic (exact) mass is 233 g/mol. The Morgan fingerprint density at radius 2 is 2.12 bits per heavy atom. The van der Waals surface area contributed by atoms with Crippen LogP contribution in [0, 0.1) is 5.92 Å². The topological polar surface area (TPSA) is 32.3 Å². The van der Waals surface area contributed by atoms with Crippen molar-refractivity contribution in [2.24, 2.45) is 5.92 Å². The molecule has 17 heavy (non-hydrogen) atoms. The van der Waals surface area contributed by atoms with Gasteiger partial charge in [0, 0.05) is 6.04 Å². The maximum absolute atomic E-state index is 9.43. The van der Waals surface area contributed by atoms with Crippen LogP contribution in [0.1, 0.15) is 50.6 Å². The van der Waals surface area contributed by atoms with Gasteiger partial charge < -0.3 is 10.4 Å². The molecule has 0 amide bonds. The van der Waals surface area contributed by atoms with E-state index in [9.17, 15) is 5.11 Å². The lowest BCUT2D eigenvalue weighted by molar-refractivity contribution is 0.451. The van der Waals surface area contributed by atoms with Crippen molar-refractivity contribution >= 4 is 0 Å². The first-order chi connectivity index (χ1) is 8.25. The number of hydrogen-bond donors (Lipinski definition) is 2. The molecule has 0 radical (unpaired) electrons. The number of aromatic hydroxyl groups is 1. The van der Waals surface area contributed by atoms with Gasteiger partial charge in [0.2, 0.25) is 0 Å². The first-order valence-electron chi connectivity index (χ1n) is 6.78. The lowest BCUT2D eigenvalue weighted by atomic mass is 10.0. The third-order valence-electron chi connectivity index (χ3n) is 3.85. The lowest BCUT2D eigenvalue weighted by Crippen LogP contribution is -2.21. The van der Waals surface area contributed by atoms with Gasteiger partial charge in [0.15, 0.2) is 0 Å². The maximum atomic E-state index is 9.43. The number of nitrogens with one attached hydrogen (secondary N) is 1. The molecule has 1 saturated carbocycles. The summed E-state index contributed by atoms with van der Waals surface area (Å²) in [5, 5.41) is 13.0. The normalized spacial score (nSPS) is 18.4. The highest BCUT2D eigenvalue weighted by Crippen LogP contribution is 2.27. The Labute approximate surface area is 104 Å². The zero-order chi connectivity index (χ0) is 12.1. The van der Waals surface area contributed by atoms with Crippen molar-refractivity contribution in [1.29, 1.82) is 0 Å². The van der Waals surface area contributed by atoms with Crippen LogP contribution in [-0.4, -0.2) is 11.7 Å². The molecule has 0 heterocycles. The fourth-order valence-electron chi connectivity index (χ4n) is 2.71. The summed E-state index contributed by atoms with van der Waals surface area (Å²) in [4.78, 5) is 0. The van der Waals surface area contributed by atoms with E-state index < -0.39 is 0 Å². The van der Waals surface area contributed by atoms with Crippen molar-refractivity contribution in [3.05, 3.63) is 29.8 Å². The molecule has 2 nitrogen and oxygen atoms in total. The van der Waals surface area contributed by atoms with E-state index in [4.69, 9.17) is 0 Å². The highest BCUT2D eigenvalue weighted by Gasteiger charge is 2.14. The summed E-state index contributed by atoms with van der Waals surface area (Å²) in [5.41, 5.74) is 1.16. The van der Waals surface area contributed by atoms with Crippen molar-refractivity contribution in [2.45, 2.75) is 45.1 Å².